The van der Waals surface area contributed by atoms with Crippen LogP contribution in [0.15, 0.2) is 17.5 Å². The second-order valence-electron chi connectivity index (χ2n) is 5.84. The van der Waals surface area contributed by atoms with E-state index in [9.17, 15) is 4.79 Å². The summed E-state index contributed by atoms with van der Waals surface area (Å²) in [4.78, 5) is 17.3. The normalized spacial score (nSPS) is 26.3. The van der Waals surface area contributed by atoms with Crippen LogP contribution in [0.3, 0.4) is 0 Å². The number of rotatable bonds is 4. The number of hydrogen-bond acceptors (Lipinski definition) is 6. The van der Waals surface area contributed by atoms with E-state index in [0.29, 0.717) is 27.2 Å². The molecule has 2 aromatic rings. The molecule has 116 valence electrons. The second-order valence-corrected chi connectivity index (χ2v) is 7.71. The summed E-state index contributed by atoms with van der Waals surface area (Å²) in [5.41, 5.74) is 0.943. The number of thiophene rings is 1. The lowest BCUT2D eigenvalue weighted by Crippen LogP contribution is -2.42. The fraction of sp³-hybridized carbons (Fsp3) is 0.467. The van der Waals surface area contributed by atoms with Crippen LogP contribution in [0.25, 0.3) is 0 Å². The van der Waals surface area contributed by atoms with E-state index in [1.165, 1.54) is 29.1 Å². The monoisotopic (exact) mass is 335 g/mol. The van der Waals surface area contributed by atoms with E-state index in [-0.39, 0.29) is 11.9 Å². The summed E-state index contributed by atoms with van der Waals surface area (Å²) in [5, 5.41) is 9.94. The minimum atomic E-state index is -0.00507. The van der Waals surface area contributed by atoms with Crippen molar-refractivity contribution in [2.45, 2.75) is 44.3 Å². The summed E-state index contributed by atoms with van der Waals surface area (Å²) in [6.07, 6.45) is 3.45. The topological polar surface area (TPSA) is 63.2 Å². The maximum atomic E-state index is 12.3. The lowest BCUT2D eigenvalue weighted by molar-refractivity contribution is 0.0935. The fourth-order valence-corrected chi connectivity index (χ4v) is 4.66. The average molecular weight is 335 g/mol. The summed E-state index contributed by atoms with van der Waals surface area (Å²) in [5.74, 6) is -0.00507. The third-order valence-electron chi connectivity index (χ3n) is 4.21. The number of fused-ring (bicyclic) bond motifs is 2. The molecule has 7 heteroatoms. The first kappa shape index (κ1) is 14.2. The van der Waals surface area contributed by atoms with Crippen LogP contribution in [-0.2, 0) is 0 Å². The number of nitrogens with one attached hydrogen (secondary N) is 2. The summed E-state index contributed by atoms with van der Waals surface area (Å²) < 4.78 is 5.68. The minimum absolute atomic E-state index is 0.00507. The lowest BCUT2D eigenvalue weighted by atomic mass is 9.95. The first-order valence-corrected chi connectivity index (χ1v) is 9.14. The molecule has 4 rings (SSSR count). The molecule has 0 aliphatic carbocycles. The summed E-state index contributed by atoms with van der Waals surface area (Å²) in [6, 6.07) is 4.94. The largest absolute Gasteiger partial charge is 0.420 e. The average Bonchev–Trinajstić information content (AvgIpc) is 3.24. The van der Waals surface area contributed by atoms with Crippen LogP contribution >= 0.6 is 22.7 Å². The Kier molecular flexibility index (Phi) is 3.63. The highest BCUT2D eigenvalue weighted by molar-refractivity contribution is 7.16. The molecule has 2 bridgehead atoms. The second kappa shape index (κ2) is 5.64. The van der Waals surface area contributed by atoms with Crippen molar-refractivity contribution in [3.63, 3.8) is 0 Å². The highest BCUT2D eigenvalue weighted by atomic mass is 32.1. The fourth-order valence-electron chi connectivity index (χ4n) is 3.19. The Hall–Kier alpha value is -1.44. The molecule has 0 saturated carbocycles. The van der Waals surface area contributed by atoms with Gasteiger partial charge in [0.15, 0.2) is 5.06 Å². The summed E-state index contributed by atoms with van der Waals surface area (Å²) >= 11 is 2.82. The van der Waals surface area contributed by atoms with Gasteiger partial charge in [-0.15, -0.1) is 0 Å². The van der Waals surface area contributed by atoms with Crippen LogP contribution in [0.2, 0.25) is 0 Å². The van der Waals surface area contributed by atoms with Crippen LogP contribution in [0, 0.1) is 6.92 Å². The molecular weight excluding hydrogens is 318 g/mol. The van der Waals surface area contributed by atoms with Gasteiger partial charge in [0.1, 0.15) is 0 Å². The van der Waals surface area contributed by atoms with E-state index in [1.807, 2.05) is 24.4 Å². The molecule has 1 amide bonds. The third kappa shape index (κ3) is 2.76. The molecule has 2 aliphatic rings. The van der Waals surface area contributed by atoms with Crippen molar-refractivity contribution < 1.29 is 9.53 Å². The Morgan fingerprint density at radius 1 is 1.45 bits per heavy atom. The highest BCUT2D eigenvalue weighted by Gasteiger charge is 2.39. The molecular formula is C15H17N3O2S2. The molecule has 0 spiro atoms. The molecule has 0 radical (unpaired) electrons. The number of hydrogen-bond donors (Lipinski definition) is 2. The number of ether oxygens (including phenoxy) is 1. The van der Waals surface area contributed by atoms with Gasteiger partial charge in [-0.1, -0.05) is 22.7 Å². The maximum Gasteiger partial charge on any atom is 0.279 e. The van der Waals surface area contributed by atoms with Crippen LogP contribution in [-0.4, -0.2) is 29.0 Å². The Labute approximate surface area is 136 Å². The number of nitrogens with zero attached hydrogens (tertiary/aromatic N) is 1. The summed E-state index contributed by atoms with van der Waals surface area (Å²) in [7, 11) is 0. The molecule has 2 fully saturated rings. The van der Waals surface area contributed by atoms with Gasteiger partial charge in [-0.2, -0.15) is 0 Å². The van der Waals surface area contributed by atoms with Crippen molar-refractivity contribution in [2.24, 2.45) is 0 Å². The summed E-state index contributed by atoms with van der Waals surface area (Å²) in [6.45, 7) is 1.93. The quantitative estimate of drug-likeness (QED) is 0.902. The van der Waals surface area contributed by atoms with Crippen molar-refractivity contribution in [1.29, 1.82) is 0 Å². The number of thiazole rings is 1. The van der Waals surface area contributed by atoms with Crippen molar-refractivity contribution in [3.05, 3.63) is 28.1 Å². The van der Waals surface area contributed by atoms with E-state index in [2.05, 4.69) is 15.6 Å². The number of amides is 1. The molecule has 2 N–H and O–H groups in total. The molecule has 0 aromatic carbocycles. The number of aryl methyl sites for hydroxylation is 1. The van der Waals surface area contributed by atoms with Crippen LogP contribution in [0.1, 0.15) is 34.6 Å². The van der Waals surface area contributed by atoms with Crippen LogP contribution in [0.4, 0.5) is 0 Å². The molecule has 22 heavy (non-hydrogen) atoms. The smallest absolute Gasteiger partial charge is 0.279 e. The van der Waals surface area contributed by atoms with E-state index in [0.717, 1.165) is 18.5 Å². The molecule has 2 aliphatic heterocycles. The van der Waals surface area contributed by atoms with Crippen molar-refractivity contribution in [1.82, 2.24) is 15.6 Å². The van der Waals surface area contributed by atoms with Gasteiger partial charge in [0.25, 0.3) is 11.1 Å². The Morgan fingerprint density at radius 2 is 2.36 bits per heavy atom. The van der Waals surface area contributed by atoms with Crippen molar-refractivity contribution in [2.75, 3.05) is 0 Å². The first-order valence-electron chi connectivity index (χ1n) is 7.44. The Morgan fingerprint density at radius 3 is 3.05 bits per heavy atom. The van der Waals surface area contributed by atoms with E-state index in [1.54, 1.807) is 0 Å². The number of aromatic nitrogens is 1. The van der Waals surface area contributed by atoms with Crippen LogP contribution < -0.4 is 15.4 Å². The molecule has 5 nitrogen and oxygen atoms in total. The SMILES string of the molecule is Cc1csc(Oc2ccc(C(=O)NC3CC4CCC3N4)s2)n1. The standard InChI is InChI=1S/C15H17N3O2S2/c1-8-7-21-15(16-8)20-13-5-4-12(22-13)14(19)18-11-6-9-2-3-10(11)17-9/h4-5,7,9-11,17H,2-3,6H2,1H3,(H,18,19). The Bertz CT molecular complexity index is 697. The van der Waals surface area contributed by atoms with Gasteiger partial charge in [-0.3, -0.25) is 4.79 Å². The third-order valence-corrected chi connectivity index (χ3v) is 6.00. The lowest BCUT2D eigenvalue weighted by Gasteiger charge is -2.20. The van der Waals surface area contributed by atoms with Gasteiger partial charge in [0.05, 0.1) is 10.6 Å². The van der Waals surface area contributed by atoms with Gasteiger partial charge >= 0.3 is 0 Å². The van der Waals surface area contributed by atoms with Gasteiger partial charge in [0.2, 0.25) is 0 Å². The predicted molar refractivity (Wildman–Crippen MR) is 87.1 cm³/mol. The molecule has 3 unspecified atom stereocenters. The maximum absolute atomic E-state index is 12.3. The zero-order valence-electron chi connectivity index (χ0n) is 12.2. The van der Waals surface area contributed by atoms with Gasteiger partial charge in [-0.25, -0.2) is 4.98 Å². The minimum Gasteiger partial charge on any atom is -0.420 e. The highest BCUT2D eigenvalue weighted by Crippen LogP contribution is 2.32. The zero-order valence-corrected chi connectivity index (χ0v) is 13.8. The van der Waals surface area contributed by atoms with Crippen molar-refractivity contribution in [3.8, 4) is 10.3 Å². The predicted octanol–water partition coefficient (Wildman–Crippen LogP) is 2.93. The first-order chi connectivity index (χ1) is 10.7. The van der Waals surface area contributed by atoms with E-state index in [4.69, 9.17) is 4.74 Å². The molecule has 4 heterocycles. The van der Waals surface area contributed by atoms with Gasteiger partial charge in [-0.05, 0) is 38.3 Å². The number of carbonyl (C=O) groups is 1. The molecule has 2 aromatic heterocycles. The van der Waals surface area contributed by atoms with E-state index < -0.39 is 0 Å². The Balaban J connectivity index is 1.39. The molecule has 2 saturated heterocycles. The molecule has 3 atom stereocenters. The van der Waals surface area contributed by atoms with Crippen LogP contribution in [0.5, 0.6) is 10.3 Å². The zero-order chi connectivity index (χ0) is 15.1. The van der Waals surface area contributed by atoms with E-state index >= 15 is 0 Å². The van der Waals surface area contributed by atoms with Gasteiger partial charge < -0.3 is 15.4 Å². The number of carbonyl (C=O) groups excluding carboxylic acids is 1. The van der Waals surface area contributed by atoms with Gasteiger partial charge in [0, 0.05) is 23.5 Å². The van der Waals surface area contributed by atoms with Crippen molar-refractivity contribution >= 4 is 28.6 Å².